The predicted octanol–water partition coefficient (Wildman–Crippen LogP) is 5.16. The minimum Gasteiger partial charge on any atom is -0.481 e. The van der Waals surface area contributed by atoms with Crippen LogP contribution in [0.2, 0.25) is 0 Å². The highest BCUT2D eigenvalue weighted by atomic mass is 16.4. The van der Waals surface area contributed by atoms with Crippen LogP contribution in [0.1, 0.15) is 86.0 Å². The van der Waals surface area contributed by atoms with Gasteiger partial charge in [0.05, 0.1) is 18.1 Å². The lowest BCUT2D eigenvalue weighted by Crippen LogP contribution is -2.62. The smallest absolute Gasteiger partial charge is 0.306 e. The number of allylic oxidation sites excluding steroid dienone is 2. The highest BCUT2D eigenvalue weighted by Gasteiger charge is 2.83. The molecule has 0 aliphatic heterocycles. The first-order chi connectivity index (χ1) is 16.2. The van der Waals surface area contributed by atoms with E-state index in [1.165, 1.54) is 0 Å². The van der Waals surface area contributed by atoms with Gasteiger partial charge in [0.2, 0.25) is 0 Å². The van der Waals surface area contributed by atoms with Crippen LogP contribution in [0.5, 0.6) is 0 Å². The summed E-state index contributed by atoms with van der Waals surface area (Å²) in [6.07, 6.45) is 9.09. The number of fused-ring (bicyclic) bond motifs is 2. The average molecular weight is 485 g/mol. The standard InChI is InChI=1S/C30H44O5/c1-17(2)20(31)8-7-18(25(34)35)19-11-13-27(5)22-10-9-21-26(3,4)23(32)12-14-29(21)16-30(22,29)15-24(33)28(19,27)6/h12,14,18-22,24,31,33H,1,7-11,13,15-16H2,2-6H3,(H,34,35)/t18-,19-,20-,21+,22+,24-,27+,28+,29-,30+/m1/s1. The van der Waals surface area contributed by atoms with E-state index in [0.29, 0.717) is 36.7 Å². The van der Waals surface area contributed by atoms with E-state index < -0.39 is 29.5 Å². The van der Waals surface area contributed by atoms with Crippen LogP contribution >= 0.6 is 0 Å². The molecule has 5 aliphatic rings. The lowest BCUT2D eigenvalue weighted by molar-refractivity contribution is -0.193. The molecule has 5 rings (SSSR count). The summed E-state index contributed by atoms with van der Waals surface area (Å²) in [5.41, 5.74) is -0.332. The maximum Gasteiger partial charge on any atom is 0.306 e. The van der Waals surface area contributed by atoms with Crippen molar-refractivity contribution in [1.82, 2.24) is 0 Å². The van der Waals surface area contributed by atoms with E-state index in [4.69, 9.17) is 0 Å². The number of hydrogen-bond donors (Lipinski definition) is 3. The molecule has 194 valence electrons. The van der Waals surface area contributed by atoms with Crippen LogP contribution in [0, 0.1) is 50.7 Å². The van der Waals surface area contributed by atoms with E-state index in [1.807, 2.05) is 6.08 Å². The molecule has 0 aromatic rings. The van der Waals surface area contributed by atoms with Crippen molar-refractivity contribution in [1.29, 1.82) is 0 Å². The Morgan fingerprint density at radius 2 is 1.80 bits per heavy atom. The van der Waals surface area contributed by atoms with Gasteiger partial charge in [-0.1, -0.05) is 45.9 Å². The fraction of sp³-hybridized carbons (Fsp3) is 0.800. The third-order valence-electron chi connectivity index (χ3n) is 12.6. The fourth-order valence-corrected chi connectivity index (χ4v) is 10.4. The lowest BCUT2D eigenvalue weighted by Gasteiger charge is -2.63. The number of ketones is 1. The molecule has 3 N–H and O–H groups in total. The van der Waals surface area contributed by atoms with E-state index in [0.717, 1.165) is 32.1 Å². The number of carboxylic acid groups (broad SMARTS) is 1. The molecule has 5 aliphatic carbocycles. The summed E-state index contributed by atoms with van der Waals surface area (Å²) in [6, 6.07) is 0. The Morgan fingerprint density at radius 1 is 1.14 bits per heavy atom. The SMILES string of the molecule is C=C(C)[C@H](O)CC[C@@H](C(=O)O)[C@H]1CC[C@@]2(C)[C@@H]3CC[C@H]4C(C)(C)C(=O)C=C[C@@]45C[C@@]35C[C@@H](O)[C@]12C. The Balaban J connectivity index is 1.49. The average Bonchev–Trinajstić information content (AvgIpc) is 3.34. The third-order valence-corrected chi connectivity index (χ3v) is 12.6. The molecule has 0 unspecified atom stereocenters. The summed E-state index contributed by atoms with van der Waals surface area (Å²) >= 11 is 0. The molecule has 2 spiro atoms. The molecule has 0 heterocycles. The summed E-state index contributed by atoms with van der Waals surface area (Å²) in [7, 11) is 0. The van der Waals surface area contributed by atoms with Crippen molar-refractivity contribution in [2.75, 3.05) is 0 Å². The minimum absolute atomic E-state index is 0.00543. The summed E-state index contributed by atoms with van der Waals surface area (Å²) in [5.74, 6) is -0.561. The van der Waals surface area contributed by atoms with Gasteiger partial charge in [-0.25, -0.2) is 0 Å². The van der Waals surface area contributed by atoms with Gasteiger partial charge in [-0.15, -0.1) is 0 Å². The highest BCUT2D eigenvalue weighted by molar-refractivity contribution is 5.96. The Bertz CT molecular complexity index is 997. The van der Waals surface area contributed by atoms with Crippen molar-refractivity contribution in [3.63, 3.8) is 0 Å². The molecule has 0 bridgehead atoms. The van der Waals surface area contributed by atoms with Crippen molar-refractivity contribution < 1.29 is 24.9 Å². The molecular weight excluding hydrogens is 440 g/mol. The number of aliphatic hydroxyl groups excluding tert-OH is 2. The van der Waals surface area contributed by atoms with Crippen LogP contribution in [0.4, 0.5) is 0 Å². The van der Waals surface area contributed by atoms with Crippen molar-refractivity contribution in [2.24, 2.45) is 50.7 Å². The summed E-state index contributed by atoms with van der Waals surface area (Å²) in [6.45, 7) is 14.3. The molecule has 0 amide bonds. The first-order valence-corrected chi connectivity index (χ1v) is 13.7. The molecule has 5 nitrogen and oxygen atoms in total. The van der Waals surface area contributed by atoms with Crippen molar-refractivity contribution in [2.45, 2.75) is 98.2 Å². The van der Waals surface area contributed by atoms with Crippen LogP contribution in [-0.4, -0.2) is 39.3 Å². The summed E-state index contributed by atoms with van der Waals surface area (Å²) in [4.78, 5) is 25.3. The number of carbonyl (C=O) groups excluding carboxylic acids is 1. The summed E-state index contributed by atoms with van der Waals surface area (Å²) < 4.78 is 0. The second-order valence-electron chi connectivity index (χ2n) is 13.9. The van der Waals surface area contributed by atoms with Crippen molar-refractivity contribution in [3.05, 3.63) is 24.3 Å². The van der Waals surface area contributed by atoms with Gasteiger partial charge in [0, 0.05) is 10.8 Å². The molecule has 4 fully saturated rings. The Kier molecular flexibility index (Phi) is 5.43. The number of aliphatic hydroxyl groups is 2. The topological polar surface area (TPSA) is 94.8 Å². The van der Waals surface area contributed by atoms with Gasteiger partial charge >= 0.3 is 5.97 Å². The molecule has 4 saturated carbocycles. The number of hydrogen-bond acceptors (Lipinski definition) is 4. The molecule has 0 radical (unpaired) electrons. The predicted molar refractivity (Wildman–Crippen MR) is 134 cm³/mol. The summed E-state index contributed by atoms with van der Waals surface area (Å²) in [5, 5.41) is 32.5. The number of aliphatic carboxylic acids is 1. The van der Waals surface area contributed by atoms with Gasteiger partial charge in [0.1, 0.15) is 0 Å². The Morgan fingerprint density at radius 3 is 2.43 bits per heavy atom. The van der Waals surface area contributed by atoms with Crippen LogP contribution in [0.25, 0.3) is 0 Å². The van der Waals surface area contributed by atoms with Crippen LogP contribution in [0.15, 0.2) is 24.3 Å². The van der Waals surface area contributed by atoms with Crippen LogP contribution in [0.3, 0.4) is 0 Å². The monoisotopic (exact) mass is 484 g/mol. The molecule has 5 heteroatoms. The number of carbonyl (C=O) groups is 2. The third kappa shape index (κ3) is 2.94. The second kappa shape index (κ2) is 7.54. The first kappa shape index (κ1) is 25.2. The van der Waals surface area contributed by atoms with Gasteiger partial charge in [0.25, 0.3) is 0 Å². The highest BCUT2D eigenvalue weighted by Crippen LogP contribution is 2.87. The quantitative estimate of drug-likeness (QED) is 0.453. The number of carboxylic acids is 1. The zero-order valence-corrected chi connectivity index (χ0v) is 22.1. The maximum absolute atomic E-state index is 12.8. The van der Waals surface area contributed by atoms with Gasteiger partial charge in [-0.2, -0.15) is 0 Å². The van der Waals surface area contributed by atoms with Gasteiger partial charge in [-0.3, -0.25) is 9.59 Å². The molecule has 35 heavy (non-hydrogen) atoms. The fourth-order valence-electron chi connectivity index (χ4n) is 10.4. The number of rotatable bonds is 6. The molecule has 0 aromatic heterocycles. The molecule has 10 atom stereocenters. The van der Waals surface area contributed by atoms with E-state index in [1.54, 1.807) is 6.92 Å². The van der Waals surface area contributed by atoms with Gasteiger partial charge in [0.15, 0.2) is 5.78 Å². The molecule has 0 aromatic carbocycles. The molecule has 0 saturated heterocycles. The second-order valence-corrected chi connectivity index (χ2v) is 13.9. The lowest BCUT2D eigenvalue weighted by atomic mass is 9.41. The largest absolute Gasteiger partial charge is 0.481 e. The Hall–Kier alpha value is -1.46. The zero-order valence-electron chi connectivity index (χ0n) is 22.1. The normalized spacial score (nSPS) is 48.7. The van der Waals surface area contributed by atoms with Gasteiger partial charge < -0.3 is 15.3 Å². The van der Waals surface area contributed by atoms with E-state index in [2.05, 4.69) is 40.3 Å². The van der Waals surface area contributed by atoms with Crippen molar-refractivity contribution in [3.8, 4) is 0 Å². The minimum atomic E-state index is -0.816. The van der Waals surface area contributed by atoms with E-state index >= 15 is 0 Å². The van der Waals surface area contributed by atoms with E-state index in [9.17, 15) is 24.9 Å². The van der Waals surface area contributed by atoms with Crippen LogP contribution < -0.4 is 0 Å². The van der Waals surface area contributed by atoms with Crippen LogP contribution in [-0.2, 0) is 9.59 Å². The maximum atomic E-state index is 12.8. The zero-order chi connectivity index (χ0) is 25.8. The molecular formula is C30H44O5. The van der Waals surface area contributed by atoms with Gasteiger partial charge in [-0.05, 0) is 98.4 Å². The Labute approximate surface area is 210 Å². The van der Waals surface area contributed by atoms with Crippen molar-refractivity contribution >= 4 is 11.8 Å². The first-order valence-electron chi connectivity index (χ1n) is 13.7. The van der Waals surface area contributed by atoms with E-state index in [-0.39, 0.29) is 33.4 Å².